The van der Waals surface area contributed by atoms with E-state index in [1.54, 1.807) is 6.92 Å². The average Bonchev–Trinajstić information content (AvgIpc) is 1.98. The molecule has 0 aromatic rings. The molecule has 2 N–H and O–H groups in total. The van der Waals surface area contributed by atoms with Crippen molar-refractivity contribution >= 4 is 11.9 Å². The molecular weight excluding hydrogens is 208 g/mol. The molecule has 0 aliphatic rings. The van der Waals surface area contributed by atoms with E-state index in [1.165, 1.54) is 6.92 Å². The highest BCUT2D eigenvalue weighted by atomic mass is 16.4. The molecule has 4 nitrogen and oxygen atoms in total. The lowest BCUT2D eigenvalue weighted by atomic mass is 9.94. The summed E-state index contributed by atoms with van der Waals surface area (Å²) in [6, 6.07) is 0. The zero-order valence-corrected chi connectivity index (χ0v) is 7.28. The minimum atomic E-state index is -0.935. The van der Waals surface area contributed by atoms with Gasteiger partial charge in [0.1, 0.15) is 0 Å². The normalized spacial score (nSPS) is 11.4. The van der Waals surface area contributed by atoms with Crippen molar-refractivity contribution in [1.82, 2.24) is 0 Å². The maximum Gasteiger partial charge on any atom is 0.306 e. The van der Waals surface area contributed by atoms with Gasteiger partial charge in [-0.25, -0.2) is 0 Å². The molecule has 0 spiro atoms. The van der Waals surface area contributed by atoms with Gasteiger partial charge in [0.2, 0.25) is 0 Å². The fraction of sp³-hybridized carbons (Fsp3) is 0.833. The second-order valence-corrected chi connectivity index (χ2v) is 2.92. The quantitative estimate of drug-likeness (QED) is 0.764. The van der Waals surface area contributed by atoms with E-state index < -0.39 is 23.8 Å². The lowest BCUT2D eigenvalue weighted by Gasteiger charge is -2.11. The second kappa shape index (κ2) is 13.9. The van der Waals surface area contributed by atoms with Crippen LogP contribution in [0.4, 0.5) is 0 Å². The molecule has 0 saturated heterocycles. The Balaban J connectivity index is -0.000000101. The molecule has 0 aromatic carbocycles. The Morgan fingerprint density at radius 2 is 1.38 bits per heavy atom. The molecule has 16 heavy (non-hydrogen) atoms. The smallest absolute Gasteiger partial charge is 0.306 e. The molecule has 0 radical (unpaired) electrons. The SMILES string of the molecule is C.C.C.C.CCC(CC(C)C(=O)O)C(=O)O. The lowest BCUT2D eigenvalue weighted by Crippen LogP contribution is -2.20. The Morgan fingerprint density at radius 1 is 1.00 bits per heavy atom. The van der Waals surface area contributed by atoms with Gasteiger partial charge in [0.25, 0.3) is 0 Å². The number of carboxylic acid groups (broad SMARTS) is 2. The average molecular weight is 238 g/mol. The van der Waals surface area contributed by atoms with E-state index in [1.807, 2.05) is 0 Å². The van der Waals surface area contributed by atoms with Crippen LogP contribution in [0, 0.1) is 11.8 Å². The molecule has 0 fully saturated rings. The zero-order chi connectivity index (χ0) is 9.72. The number of aliphatic carboxylic acids is 2. The molecule has 0 bridgehead atoms. The van der Waals surface area contributed by atoms with E-state index in [-0.39, 0.29) is 36.1 Å². The molecule has 0 aliphatic heterocycles. The summed E-state index contributed by atoms with van der Waals surface area (Å²) in [7, 11) is 0. The van der Waals surface area contributed by atoms with Crippen LogP contribution >= 0.6 is 0 Å². The Kier molecular flexibility index (Phi) is 25.6. The van der Waals surface area contributed by atoms with Crippen molar-refractivity contribution < 1.29 is 19.8 Å². The van der Waals surface area contributed by atoms with Crippen molar-refractivity contribution in [3.63, 3.8) is 0 Å². The molecule has 0 saturated carbocycles. The van der Waals surface area contributed by atoms with Gasteiger partial charge in [-0.05, 0) is 12.8 Å². The first kappa shape index (κ1) is 29.4. The summed E-state index contributed by atoms with van der Waals surface area (Å²) < 4.78 is 0. The van der Waals surface area contributed by atoms with Crippen molar-refractivity contribution in [3.8, 4) is 0 Å². The predicted octanol–water partition coefficient (Wildman–Crippen LogP) is 3.75. The van der Waals surface area contributed by atoms with Crippen LogP contribution in [-0.2, 0) is 9.59 Å². The molecule has 4 heteroatoms. The van der Waals surface area contributed by atoms with Gasteiger partial charge in [0.05, 0.1) is 11.8 Å². The van der Waals surface area contributed by atoms with Crippen LogP contribution in [0.2, 0.25) is 0 Å². The summed E-state index contributed by atoms with van der Waals surface area (Å²) >= 11 is 0. The van der Waals surface area contributed by atoms with Crippen LogP contribution in [0.5, 0.6) is 0 Å². The van der Waals surface area contributed by atoms with Gasteiger partial charge < -0.3 is 10.2 Å². The van der Waals surface area contributed by atoms with E-state index in [0.717, 1.165) is 0 Å². The van der Waals surface area contributed by atoms with Crippen LogP contribution in [0.25, 0.3) is 0 Å². The number of carbonyl (C=O) groups is 2. The molecule has 2 atom stereocenters. The molecule has 0 aromatic heterocycles. The highest BCUT2D eigenvalue weighted by Gasteiger charge is 2.21. The van der Waals surface area contributed by atoms with Crippen molar-refractivity contribution in [2.75, 3.05) is 0 Å². The fourth-order valence-corrected chi connectivity index (χ4v) is 0.970. The first-order chi connectivity index (χ1) is 5.49. The topological polar surface area (TPSA) is 74.6 Å². The fourth-order valence-electron chi connectivity index (χ4n) is 0.970. The van der Waals surface area contributed by atoms with Crippen LogP contribution in [-0.4, -0.2) is 22.2 Å². The summed E-state index contributed by atoms with van der Waals surface area (Å²) in [6.07, 6.45) is 0.689. The first-order valence-electron chi connectivity index (χ1n) is 3.94. The number of hydrogen-bond acceptors (Lipinski definition) is 2. The minimum Gasteiger partial charge on any atom is -0.481 e. The molecule has 0 rings (SSSR count). The summed E-state index contributed by atoms with van der Waals surface area (Å²) in [5.41, 5.74) is 0. The third-order valence-electron chi connectivity index (χ3n) is 1.90. The van der Waals surface area contributed by atoms with E-state index in [9.17, 15) is 9.59 Å². The Hall–Kier alpha value is -1.06. The summed E-state index contributed by atoms with van der Waals surface area (Å²) in [5.74, 6) is -2.96. The summed E-state index contributed by atoms with van der Waals surface area (Å²) in [4.78, 5) is 20.9. The van der Waals surface area contributed by atoms with E-state index in [4.69, 9.17) is 10.2 Å². The van der Waals surface area contributed by atoms with Gasteiger partial charge >= 0.3 is 11.9 Å². The molecule has 0 aliphatic carbocycles. The Bertz CT molecular complexity index is 178. The van der Waals surface area contributed by atoms with Crippen LogP contribution in [0.3, 0.4) is 0 Å². The summed E-state index contributed by atoms with van der Waals surface area (Å²) in [6.45, 7) is 3.27. The lowest BCUT2D eigenvalue weighted by molar-refractivity contribution is -0.145. The van der Waals surface area contributed by atoms with Gasteiger partial charge in [-0.3, -0.25) is 9.59 Å². The monoisotopic (exact) mass is 238 g/mol. The van der Waals surface area contributed by atoms with Crippen LogP contribution in [0.1, 0.15) is 56.4 Å². The van der Waals surface area contributed by atoms with Crippen LogP contribution < -0.4 is 0 Å². The second-order valence-electron chi connectivity index (χ2n) is 2.92. The largest absolute Gasteiger partial charge is 0.481 e. The number of rotatable bonds is 5. The van der Waals surface area contributed by atoms with E-state index >= 15 is 0 Å². The van der Waals surface area contributed by atoms with Gasteiger partial charge in [0, 0.05) is 0 Å². The van der Waals surface area contributed by atoms with Crippen molar-refractivity contribution in [3.05, 3.63) is 0 Å². The van der Waals surface area contributed by atoms with Gasteiger partial charge in [-0.2, -0.15) is 0 Å². The van der Waals surface area contributed by atoms with Gasteiger partial charge in [-0.15, -0.1) is 0 Å². The minimum absolute atomic E-state index is 0. The third kappa shape index (κ3) is 11.0. The van der Waals surface area contributed by atoms with Crippen molar-refractivity contribution in [2.45, 2.75) is 56.4 Å². The number of hydrogen-bond donors (Lipinski definition) is 2. The van der Waals surface area contributed by atoms with Crippen LogP contribution in [0.15, 0.2) is 0 Å². The van der Waals surface area contributed by atoms with Gasteiger partial charge in [0.15, 0.2) is 0 Å². The highest BCUT2D eigenvalue weighted by molar-refractivity contribution is 5.73. The Labute approximate surface area is 101 Å². The molecule has 2 unspecified atom stereocenters. The van der Waals surface area contributed by atoms with E-state index in [0.29, 0.717) is 6.42 Å². The highest BCUT2D eigenvalue weighted by Crippen LogP contribution is 2.15. The molecular formula is C12H30O4. The predicted molar refractivity (Wildman–Crippen MR) is 69.8 cm³/mol. The van der Waals surface area contributed by atoms with Gasteiger partial charge in [-0.1, -0.05) is 43.6 Å². The van der Waals surface area contributed by atoms with Crippen molar-refractivity contribution in [2.24, 2.45) is 11.8 Å². The first-order valence-corrected chi connectivity index (χ1v) is 3.94. The maximum atomic E-state index is 10.5. The standard InChI is InChI=1S/C8H14O4.4CH4/c1-3-6(8(11)12)4-5(2)7(9)10;;;;/h5-6H,3-4H2,1-2H3,(H,9,10)(H,11,12);4*1H4. The molecule has 0 heterocycles. The summed E-state index contributed by atoms with van der Waals surface area (Å²) in [5, 5.41) is 17.1. The zero-order valence-electron chi connectivity index (χ0n) is 7.28. The van der Waals surface area contributed by atoms with Crippen molar-refractivity contribution in [1.29, 1.82) is 0 Å². The third-order valence-corrected chi connectivity index (χ3v) is 1.90. The number of carboxylic acids is 2. The molecule has 0 amide bonds. The Morgan fingerprint density at radius 3 is 1.56 bits per heavy atom. The van der Waals surface area contributed by atoms with E-state index in [2.05, 4.69) is 0 Å². The maximum absolute atomic E-state index is 10.5. The molecule has 102 valence electrons.